The third-order valence-electron chi connectivity index (χ3n) is 4.45. The number of halogens is 1. The van der Waals surface area contributed by atoms with Crippen molar-refractivity contribution in [3.63, 3.8) is 0 Å². The highest BCUT2D eigenvalue weighted by atomic mass is 19.1. The van der Waals surface area contributed by atoms with Crippen LogP contribution in [0, 0.1) is 11.2 Å². The second kappa shape index (κ2) is 7.26. The van der Waals surface area contributed by atoms with E-state index in [0.29, 0.717) is 5.41 Å². The summed E-state index contributed by atoms with van der Waals surface area (Å²) in [6.07, 6.45) is 4.60. The number of hydrogen-bond donors (Lipinski definition) is 1. The Kier molecular flexibility index (Phi) is 5.63. The fourth-order valence-corrected chi connectivity index (χ4v) is 2.99. The molecule has 1 aromatic carbocycles. The minimum Gasteiger partial charge on any atom is -0.369 e. The van der Waals surface area contributed by atoms with Crippen LogP contribution in [0.2, 0.25) is 0 Å². The minimum absolute atomic E-state index is 0.0782. The lowest BCUT2D eigenvalue weighted by Crippen LogP contribution is -2.26. The first kappa shape index (κ1) is 16.3. The molecule has 3 heteroatoms. The van der Waals surface area contributed by atoms with Crippen molar-refractivity contribution >= 4 is 5.69 Å². The predicted molar refractivity (Wildman–Crippen MR) is 88.2 cm³/mol. The van der Waals surface area contributed by atoms with Gasteiger partial charge in [-0.25, -0.2) is 4.39 Å². The molecule has 0 atom stereocenters. The predicted octanol–water partition coefficient (Wildman–Crippen LogP) is 4.34. The van der Waals surface area contributed by atoms with Gasteiger partial charge in [0.1, 0.15) is 5.82 Å². The molecule has 0 radical (unpaired) electrons. The Hall–Kier alpha value is -1.09. The summed E-state index contributed by atoms with van der Waals surface area (Å²) in [7, 11) is 0. The molecule has 0 aromatic heterocycles. The van der Waals surface area contributed by atoms with Gasteiger partial charge in [-0.1, -0.05) is 26.8 Å². The van der Waals surface area contributed by atoms with Gasteiger partial charge < -0.3 is 10.2 Å². The molecule has 0 amide bonds. The number of nitrogens with one attached hydrogen (secondary N) is 1. The maximum atomic E-state index is 14.4. The Morgan fingerprint density at radius 1 is 1.24 bits per heavy atom. The quantitative estimate of drug-likeness (QED) is 0.812. The number of hydrogen-bond acceptors (Lipinski definition) is 2. The molecule has 0 unspecified atom stereocenters. The van der Waals surface area contributed by atoms with Crippen molar-refractivity contribution < 1.29 is 4.39 Å². The Balaban J connectivity index is 2.03. The lowest BCUT2D eigenvalue weighted by molar-refractivity contribution is 0.325. The third kappa shape index (κ3) is 4.70. The zero-order valence-electron chi connectivity index (χ0n) is 13.7. The van der Waals surface area contributed by atoms with Gasteiger partial charge in [0.2, 0.25) is 0 Å². The van der Waals surface area contributed by atoms with Crippen LogP contribution in [-0.4, -0.2) is 19.6 Å². The first-order chi connectivity index (χ1) is 10.0. The summed E-state index contributed by atoms with van der Waals surface area (Å²) in [4.78, 5) is 2.22. The summed E-state index contributed by atoms with van der Waals surface area (Å²) in [6.45, 7) is 10.4. The van der Waals surface area contributed by atoms with Crippen molar-refractivity contribution in [2.24, 2.45) is 5.41 Å². The van der Waals surface area contributed by atoms with E-state index in [1.807, 2.05) is 6.07 Å². The van der Waals surface area contributed by atoms with Gasteiger partial charge in [0.25, 0.3) is 0 Å². The van der Waals surface area contributed by atoms with Crippen LogP contribution in [0.15, 0.2) is 18.2 Å². The van der Waals surface area contributed by atoms with Crippen LogP contribution in [0.1, 0.15) is 52.0 Å². The van der Waals surface area contributed by atoms with E-state index >= 15 is 0 Å². The maximum Gasteiger partial charge on any atom is 0.146 e. The molecule has 118 valence electrons. The molecule has 1 aliphatic rings. The number of nitrogens with zero attached hydrogens (tertiary/aromatic N) is 1. The van der Waals surface area contributed by atoms with Crippen molar-refractivity contribution in [2.45, 2.75) is 53.0 Å². The summed E-state index contributed by atoms with van der Waals surface area (Å²) in [5.74, 6) is -0.0782. The van der Waals surface area contributed by atoms with Crippen LogP contribution < -0.4 is 10.2 Å². The molecule has 1 N–H and O–H groups in total. The molecule has 0 spiro atoms. The van der Waals surface area contributed by atoms with Gasteiger partial charge in [-0.2, -0.15) is 0 Å². The zero-order valence-corrected chi connectivity index (χ0v) is 13.7. The molecule has 1 aliphatic heterocycles. The first-order valence-corrected chi connectivity index (χ1v) is 8.26. The molecule has 1 fully saturated rings. The second-order valence-electron chi connectivity index (χ2n) is 6.97. The van der Waals surface area contributed by atoms with E-state index in [4.69, 9.17) is 0 Å². The molecule has 2 rings (SSSR count). The van der Waals surface area contributed by atoms with Gasteiger partial charge in [-0.05, 0) is 55.3 Å². The molecule has 0 aliphatic carbocycles. The van der Waals surface area contributed by atoms with Crippen LogP contribution in [0.25, 0.3) is 0 Å². The third-order valence-corrected chi connectivity index (χ3v) is 4.45. The smallest absolute Gasteiger partial charge is 0.146 e. The van der Waals surface area contributed by atoms with E-state index in [-0.39, 0.29) is 5.82 Å². The van der Waals surface area contributed by atoms with E-state index in [0.717, 1.165) is 56.7 Å². The van der Waals surface area contributed by atoms with E-state index < -0.39 is 0 Å². The first-order valence-electron chi connectivity index (χ1n) is 8.26. The minimum atomic E-state index is -0.0782. The lowest BCUT2D eigenvalue weighted by atomic mass is 9.85. The summed E-state index contributed by atoms with van der Waals surface area (Å²) in [5, 5.41) is 3.32. The van der Waals surface area contributed by atoms with E-state index in [1.54, 1.807) is 6.07 Å². The van der Waals surface area contributed by atoms with E-state index in [1.165, 1.54) is 6.42 Å². The number of benzene rings is 1. The second-order valence-corrected chi connectivity index (χ2v) is 6.97. The highest BCUT2D eigenvalue weighted by Crippen LogP contribution is 2.32. The highest BCUT2D eigenvalue weighted by Gasteiger charge is 2.24. The van der Waals surface area contributed by atoms with Crippen LogP contribution >= 0.6 is 0 Å². The zero-order chi connectivity index (χ0) is 15.3. The Labute approximate surface area is 128 Å². The van der Waals surface area contributed by atoms with E-state index in [2.05, 4.69) is 37.1 Å². The molecule has 0 saturated carbocycles. The molecule has 21 heavy (non-hydrogen) atoms. The van der Waals surface area contributed by atoms with Gasteiger partial charge in [-0.3, -0.25) is 0 Å². The number of rotatable bonds is 5. The molecule has 1 heterocycles. The Bertz CT molecular complexity index is 457. The fraction of sp³-hybridized carbons (Fsp3) is 0.667. The summed E-state index contributed by atoms with van der Waals surface area (Å²) < 4.78 is 14.4. The van der Waals surface area contributed by atoms with Crippen molar-refractivity contribution in [1.82, 2.24) is 5.32 Å². The monoisotopic (exact) mass is 292 g/mol. The largest absolute Gasteiger partial charge is 0.369 e. The molecule has 1 aromatic rings. The Morgan fingerprint density at radius 3 is 2.76 bits per heavy atom. The SMILES string of the molecule is CCCNCc1ccc(N2CCCC(C)(C)CC2)c(F)c1. The van der Waals surface area contributed by atoms with Crippen LogP contribution in [0.4, 0.5) is 10.1 Å². The van der Waals surface area contributed by atoms with Gasteiger partial charge in [0.05, 0.1) is 5.69 Å². The summed E-state index contributed by atoms with van der Waals surface area (Å²) in [6, 6.07) is 5.70. The average molecular weight is 292 g/mol. The Morgan fingerprint density at radius 2 is 2.05 bits per heavy atom. The summed E-state index contributed by atoms with van der Waals surface area (Å²) in [5.41, 5.74) is 2.18. The van der Waals surface area contributed by atoms with Crippen molar-refractivity contribution in [1.29, 1.82) is 0 Å². The van der Waals surface area contributed by atoms with Crippen molar-refractivity contribution in [3.8, 4) is 0 Å². The average Bonchev–Trinajstić information content (AvgIpc) is 2.60. The van der Waals surface area contributed by atoms with Crippen LogP contribution in [0.3, 0.4) is 0 Å². The van der Waals surface area contributed by atoms with Crippen LogP contribution in [0.5, 0.6) is 0 Å². The highest BCUT2D eigenvalue weighted by molar-refractivity contribution is 5.49. The van der Waals surface area contributed by atoms with Gasteiger partial charge in [0, 0.05) is 19.6 Å². The molecular weight excluding hydrogens is 263 g/mol. The van der Waals surface area contributed by atoms with Crippen LogP contribution in [-0.2, 0) is 6.54 Å². The van der Waals surface area contributed by atoms with E-state index in [9.17, 15) is 4.39 Å². The molecule has 2 nitrogen and oxygen atoms in total. The van der Waals surface area contributed by atoms with Crippen molar-refractivity contribution in [3.05, 3.63) is 29.6 Å². The fourth-order valence-electron chi connectivity index (χ4n) is 2.99. The van der Waals surface area contributed by atoms with Gasteiger partial charge >= 0.3 is 0 Å². The number of anilines is 1. The summed E-state index contributed by atoms with van der Waals surface area (Å²) >= 11 is 0. The van der Waals surface area contributed by atoms with Gasteiger partial charge in [0.15, 0.2) is 0 Å². The molecule has 1 saturated heterocycles. The lowest BCUT2D eigenvalue weighted by Gasteiger charge is -2.25. The standard InChI is InChI=1S/C18H29FN2/c1-4-10-20-14-15-6-7-17(16(19)13-15)21-11-5-8-18(2,3)9-12-21/h6-7,13,20H,4-5,8-12,14H2,1-3H3. The topological polar surface area (TPSA) is 15.3 Å². The normalized spacial score (nSPS) is 18.6. The van der Waals surface area contributed by atoms with Crippen molar-refractivity contribution in [2.75, 3.05) is 24.5 Å². The molecular formula is C18H29FN2. The maximum absolute atomic E-state index is 14.4. The van der Waals surface area contributed by atoms with Gasteiger partial charge in [-0.15, -0.1) is 0 Å². The molecule has 0 bridgehead atoms.